The van der Waals surface area contributed by atoms with E-state index >= 15 is 0 Å². The number of hydrogen-bond donors (Lipinski definition) is 0. The first-order valence-corrected chi connectivity index (χ1v) is 13.8. The fourth-order valence-corrected chi connectivity index (χ4v) is 4.41. The van der Waals surface area contributed by atoms with Gasteiger partial charge < -0.3 is 18.9 Å². The molecule has 6 heteroatoms. The Balaban J connectivity index is 1.66. The first-order chi connectivity index (χ1) is 18.0. The van der Waals surface area contributed by atoms with Gasteiger partial charge in [0.25, 0.3) is 0 Å². The summed E-state index contributed by atoms with van der Waals surface area (Å²) in [5.41, 5.74) is -0.138. The van der Waals surface area contributed by atoms with Crippen molar-refractivity contribution in [3.05, 3.63) is 54.1 Å². The lowest BCUT2D eigenvalue weighted by atomic mass is 9.62. The average molecular weight is 527 g/mol. The molecule has 1 unspecified atom stereocenters. The third-order valence-corrected chi connectivity index (χ3v) is 7.55. The number of rotatable bonds is 16. The van der Waals surface area contributed by atoms with Crippen LogP contribution in [-0.4, -0.2) is 32.3 Å². The quantitative estimate of drug-likeness (QED) is 0.126. The Kier molecular flexibility index (Phi) is 12.1. The third-order valence-electron chi connectivity index (χ3n) is 7.55. The molecule has 0 aliphatic rings. The molecule has 0 amide bonds. The third kappa shape index (κ3) is 9.07. The van der Waals surface area contributed by atoms with E-state index in [0.29, 0.717) is 41.9 Å². The fourth-order valence-electron chi connectivity index (χ4n) is 4.41. The Morgan fingerprint density at radius 2 is 1.34 bits per heavy atom. The second-order valence-electron chi connectivity index (χ2n) is 11.2. The zero-order valence-corrected chi connectivity index (χ0v) is 24.3. The molecule has 0 saturated carbocycles. The van der Waals surface area contributed by atoms with Crippen molar-refractivity contribution >= 4 is 11.9 Å². The van der Waals surface area contributed by atoms with Crippen LogP contribution in [0.2, 0.25) is 0 Å². The predicted octanol–water partition coefficient (Wildman–Crippen LogP) is 7.89. The topological polar surface area (TPSA) is 71.1 Å². The van der Waals surface area contributed by atoms with Gasteiger partial charge in [0.15, 0.2) is 0 Å². The van der Waals surface area contributed by atoms with E-state index in [2.05, 4.69) is 41.5 Å². The minimum absolute atomic E-state index is 0.0716. The molecule has 6 nitrogen and oxygen atoms in total. The highest BCUT2D eigenvalue weighted by Crippen LogP contribution is 2.47. The van der Waals surface area contributed by atoms with Gasteiger partial charge in [-0.05, 0) is 105 Å². The maximum Gasteiger partial charge on any atom is 0.343 e. The standard InChI is InChI=1S/C32H46O6/c1-8-31(4,5)32(6,23-24(2)3)30(34)37-22-12-10-9-11-21-36-27-15-13-25(14-16-27)29(33)38-28-19-17-26(35-7)18-20-28/h13-20,24H,8-12,21-23H2,1-7H3. The summed E-state index contributed by atoms with van der Waals surface area (Å²) in [6.07, 6.45) is 5.49. The summed E-state index contributed by atoms with van der Waals surface area (Å²) in [6, 6.07) is 13.8. The number of ether oxygens (including phenoxy) is 4. The molecule has 2 aromatic carbocycles. The minimum atomic E-state index is -0.480. The summed E-state index contributed by atoms with van der Waals surface area (Å²) in [6.45, 7) is 13.9. The Labute approximate surface area is 229 Å². The van der Waals surface area contributed by atoms with Crippen molar-refractivity contribution in [3.63, 3.8) is 0 Å². The van der Waals surface area contributed by atoms with E-state index in [1.54, 1.807) is 55.6 Å². The van der Waals surface area contributed by atoms with Crippen molar-refractivity contribution in [2.45, 2.75) is 80.1 Å². The molecule has 210 valence electrons. The summed E-state index contributed by atoms with van der Waals surface area (Å²) in [5.74, 6) is 1.81. The van der Waals surface area contributed by atoms with E-state index in [9.17, 15) is 9.59 Å². The molecule has 0 radical (unpaired) electrons. The normalized spacial score (nSPS) is 13.1. The zero-order valence-electron chi connectivity index (χ0n) is 24.3. The predicted molar refractivity (Wildman–Crippen MR) is 151 cm³/mol. The second kappa shape index (κ2) is 14.8. The van der Waals surface area contributed by atoms with Crippen LogP contribution in [0.5, 0.6) is 17.2 Å². The van der Waals surface area contributed by atoms with Gasteiger partial charge in [-0.2, -0.15) is 0 Å². The molecule has 0 aliphatic carbocycles. The van der Waals surface area contributed by atoms with E-state index < -0.39 is 11.4 Å². The monoisotopic (exact) mass is 526 g/mol. The maximum absolute atomic E-state index is 13.0. The van der Waals surface area contributed by atoms with E-state index in [1.807, 2.05) is 0 Å². The van der Waals surface area contributed by atoms with E-state index in [0.717, 1.165) is 38.5 Å². The molecule has 0 bridgehead atoms. The van der Waals surface area contributed by atoms with Gasteiger partial charge in [0.1, 0.15) is 17.2 Å². The number of carbonyl (C=O) groups excluding carboxylic acids is 2. The molecule has 38 heavy (non-hydrogen) atoms. The number of benzene rings is 2. The number of carbonyl (C=O) groups is 2. The summed E-state index contributed by atoms with van der Waals surface area (Å²) < 4.78 is 22.0. The van der Waals surface area contributed by atoms with Crippen molar-refractivity contribution in [2.24, 2.45) is 16.7 Å². The molecular formula is C32H46O6. The van der Waals surface area contributed by atoms with Gasteiger partial charge in [0, 0.05) is 0 Å². The second-order valence-corrected chi connectivity index (χ2v) is 11.2. The van der Waals surface area contributed by atoms with Crippen LogP contribution in [0.25, 0.3) is 0 Å². The van der Waals surface area contributed by atoms with Gasteiger partial charge in [-0.3, -0.25) is 4.79 Å². The highest BCUT2D eigenvalue weighted by Gasteiger charge is 2.47. The van der Waals surface area contributed by atoms with Gasteiger partial charge in [-0.15, -0.1) is 0 Å². The molecule has 0 saturated heterocycles. The SMILES string of the molecule is CCC(C)(C)C(C)(CC(C)C)C(=O)OCCCCCCOc1ccc(C(=O)Oc2ccc(OC)cc2)cc1. The van der Waals surface area contributed by atoms with Gasteiger partial charge in [-0.25, -0.2) is 4.79 Å². The fraction of sp³-hybridized carbons (Fsp3) is 0.562. The van der Waals surface area contributed by atoms with E-state index in [1.165, 1.54) is 0 Å². The Morgan fingerprint density at radius 1 is 0.789 bits per heavy atom. The van der Waals surface area contributed by atoms with Crippen LogP contribution >= 0.6 is 0 Å². The highest BCUT2D eigenvalue weighted by molar-refractivity contribution is 5.91. The van der Waals surface area contributed by atoms with E-state index in [4.69, 9.17) is 18.9 Å². The lowest BCUT2D eigenvalue weighted by Gasteiger charge is -2.42. The van der Waals surface area contributed by atoms with Crippen LogP contribution in [0.3, 0.4) is 0 Å². The van der Waals surface area contributed by atoms with Crippen molar-refractivity contribution in [3.8, 4) is 17.2 Å². The zero-order chi connectivity index (χ0) is 28.2. The van der Waals surface area contributed by atoms with Crippen LogP contribution in [-0.2, 0) is 9.53 Å². The molecular weight excluding hydrogens is 480 g/mol. The number of unbranched alkanes of at least 4 members (excludes halogenated alkanes) is 3. The largest absolute Gasteiger partial charge is 0.497 e. The van der Waals surface area contributed by atoms with E-state index in [-0.39, 0.29) is 11.4 Å². The first-order valence-electron chi connectivity index (χ1n) is 13.8. The van der Waals surface area contributed by atoms with Crippen molar-refractivity contribution in [1.29, 1.82) is 0 Å². The molecule has 0 fully saturated rings. The lowest BCUT2D eigenvalue weighted by molar-refractivity contribution is -0.164. The Morgan fingerprint density at radius 3 is 1.89 bits per heavy atom. The van der Waals surface area contributed by atoms with Gasteiger partial charge >= 0.3 is 11.9 Å². The summed E-state index contributed by atoms with van der Waals surface area (Å²) in [5, 5.41) is 0. The van der Waals surface area contributed by atoms with Crippen LogP contribution < -0.4 is 14.2 Å². The molecule has 2 rings (SSSR count). The molecule has 0 spiro atoms. The molecule has 0 aromatic heterocycles. The van der Waals surface area contributed by atoms with Crippen molar-refractivity contribution < 1.29 is 28.5 Å². The van der Waals surface area contributed by atoms with Gasteiger partial charge in [0.2, 0.25) is 0 Å². The van der Waals surface area contributed by atoms with Crippen LogP contribution in [0.4, 0.5) is 0 Å². The lowest BCUT2D eigenvalue weighted by Crippen LogP contribution is -2.44. The average Bonchev–Trinajstić information content (AvgIpc) is 2.90. The van der Waals surface area contributed by atoms with Crippen LogP contribution in [0, 0.1) is 16.7 Å². The van der Waals surface area contributed by atoms with Gasteiger partial charge in [0.05, 0.1) is 31.3 Å². The van der Waals surface area contributed by atoms with Crippen molar-refractivity contribution in [2.75, 3.05) is 20.3 Å². The van der Waals surface area contributed by atoms with Crippen LogP contribution in [0.1, 0.15) is 90.4 Å². The smallest absolute Gasteiger partial charge is 0.343 e. The molecule has 0 aliphatic heterocycles. The summed E-state index contributed by atoms with van der Waals surface area (Å²) in [7, 11) is 1.59. The number of hydrogen-bond acceptors (Lipinski definition) is 6. The maximum atomic E-state index is 13.0. The summed E-state index contributed by atoms with van der Waals surface area (Å²) >= 11 is 0. The van der Waals surface area contributed by atoms with Crippen molar-refractivity contribution in [1.82, 2.24) is 0 Å². The highest BCUT2D eigenvalue weighted by atomic mass is 16.5. The number of esters is 2. The number of methoxy groups -OCH3 is 1. The molecule has 1 atom stereocenters. The van der Waals surface area contributed by atoms with Crippen LogP contribution in [0.15, 0.2) is 48.5 Å². The Hall–Kier alpha value is -3.02. The summed E-state index contributed by atoms with van der Waals surface area (Å²) in [4.78, 5) is 25.4. The molecule has 2 aromatic rings. The minimum Gasteiger partial charge on any atom is -0.497 e. The molecule has 0 heterocycles. The first kappa shape index (κ1) is 31.2. The Bertz CT molecular complexity index is 994. The van der Waals surface area contributed by atoms with Gasteiger partial charge in [-0.1, -0.05) is 34.6 Å². The molecule has 0 N–H and O–H groups in total.